The largest absolute Gasteiger partial charge is 0.394 e. The van der Waals surface area contributed by atoms with Gasteiger partial charge >= 0.3 is 8.56 Å². The van der Waals surface area contributed by atoms with Crippen molar-refractivity contribution in [2.45, 2.75) is 20.4 Å². The summed E-state index contributed by atoms with van der Waals surface area (Å²) in [6.45, 7) is 12.2. The van der Waals surface area contributed by atoms with E-state index in [9.17, 15) is 0 Å². The van der Waals surface area contributed by atoms with Crippen molar-refractivity contribution in [2.75, 3.05) is 45.6 Å². The summed E-state index contributed by atoms with van der Waals surface area (Å²) in [6.07, 6.45) is 0.996. The first kappa shape index (κ1) is 13.1. The quantitative estimate of drug-likeness (QED) is 0.679. The first-order chi connectivity index (χ1) is 7.20. The molecule has 0 atom stereocenters. The molecule has 5 heteroatoms. The lowest BCUT2D eigenvalue weighted by atomic mass is 10.4. The van der Waals surface area contributed by atoms with Gasteiger partial charge in [-0.15, -0.1) is 0 Å². The Kier molecular flexibility index (Phi) is 5.77. The molecule has 0 aromatic carbocycles. The average Bonchev–Trinajstić information content (AvgIpc) is 2.19. The van der Waals surface area contributed by atoms with Crippen LogP contribution in [0.25, 0.3) is 0 Å². The van der Waals surface area contributed by atoms with Gasteiger partial charge in [0.15, 0.2) is 0 Å². The lowest BCUT2D eigenvalue weighted by Gasteiger charge is -2.34. The van der Waals surface area contributed by atoms with Crippen molar-refractivity contribution in [1.29, 1.82) is 0 Å². The third-order valence-corrected chi connectivity index (χ3v) is 5.44. The van der Waals surface area contributed by atoms with Crippen molar-refractivity contribution in [2.24, 2.45) is 0 Å². The molecule has 0 unspecified atom stereocenters. The van der Waals surface area contributed by atoms with E-state index in [1.807, 2.05) is 13.8 Å². The van der Waals surface area contributed by atoms with E-state index < -0.39 is 8.56 Å². The van der Waals surface area contributed by atoms with E-state index in [-0.39, 0.29) is 0 Å². The molecule has 4 nitrogen and oxygen atoms in total. The minimum absolute atomic E-state index is 0.759. The summed E-state index contributed by atoms with van der Waals surface area (Å²) in [7, 11) is -1.94. The molecule has 0 aromatic rings. The Morgan fingerprint density at radius 3 is 2.13 bits per heavy atom. The van der Waals surface area contributed by atoms with Crippen LogP contribution in [0.5, 0.6) is 0 Å². The zero-order valence-corrected chi connectivity index (χ0v) is 11.2. The van der Waals surface area contributed by atoms with Crippen LogP contribution in [0.15, 0.2) is 0 Å². The summed E-state index contributed by atoms with van der Waals surface area (Å²) in [5.41, 5.74) is 0. The fourth-order valence-electron chi connectivity index (χ4n) is 2.02. The summed E-state index contributed by atoms with van der Waals surface area (Å²) in [5, 5.41) is 3.36. The van der Waals surface area contributed by atoms with E-state index >= 15 is 0 Å². The Labute approximate surface area is 94.2 Å². The van der Waals surface area contributed by atoms with Gasteiger partial charge in [0.1, 0.15) is 0 Å². The van der Waals surface area contributed by atoms with Gasteiger partial charge in [0.25, 0.3) is 0 Å². The third-order valence-electron chi connectivity index (χ3n) is 2.62. The van der Waals surface area contributed by atoms with E-state index in [0.29, 0.717) is 0 Å². The van der Waals surface area contributed by atoms with Gasteiger partial charge in [0, 0.05) is 45.6 Å². The minimum atomic E-state index is -1.94. The molecule has 0 bridgehead atoms. The average molecular weight is 232 g/mol. The summed E-state index contributed by atoms with van der Waals surface area (Å²) >= 11 is 0. The number of nitrogens with one attached hydrogen (secondary N) is 1. The van der Waals surface area contributed by atoms with Crippen LogP contribution >= 0.6 is 0 Å². The van der Waals surface area contributed by atoms with Gasteiger partial charge in [0.2, 0.25) is 0 Å². The molecule has 1 N–H and O–H groups in total. The summed E-state index contributed by atoms with van der Waals surface area (Å²) in [6, 6.07) is 0. The molecule has 0 spiro atoms. The highest BCUT2D eigenvalue weighted by molar-refractivity contribution is 6.66. The van der Waals surface area contributed by atoms with Crippen LogP contribution in [0.2, 0.25) is 6.55 Å². The predicted octanol–water partition coefficient (Wildman–Crippen LogP) is 0.576. The van der Waals surface area contributed by atoms with Gasteiger partial charge < -0.3 is 14.2 Å². The van der Waals surface area contributed by atoms with E-state index in [1.165, 1.54) is 0 Å². The van der Waals surface area contributed by atoms with E-state index in [1.54, 1.807) is 0 Å². The van der Waals surface area contributed by atoms with Crippen LogP contribution in [0.3, 0.4) is 0 Å². The Balaban J connectivity index is 2.40. The van der Waals surface area contributed by atoms with Crippen molar-refractivity contribution in [1.82, 2.24) is 10.2 Å². The number of hydrogen-bond acceptors (Lipinski definition) is 4. The zero-order valence-electron chi connectivity index (χ0n) is 10.2. The second-order valence-electron chi connectivity index (χ2n) is 4.03. The highest BCUT2D eigenvalue weighted by Crippen LogP contribution is 2.10. The van der Waals surface area contributed by atoms with Crippen molar-refractivity contribution >= 4 is 8.56 Å². The maximum Gasteiger partial charge on any atom is 0.349 e. The van der Waals surface area contributed by atoms with E-state index in [0.717, 1.165) is 45.6 Å². The SMILES string of the molecule is CCO[Si](C)(CN1CCNCC1)OCC. The second-order valence-corrected chi connectivity index (χ2v) is 7.19. The fourth-order valence-corrected chi connectivity index (χ4v) is 4.63. The van der Waals surface area contributed by atoms with Crippen LogP contribution < -0.4 is 5.32 Å². The van der Waals surface area contributed by atoms with Crippen LogP contribution in [-0.4, -0.2) is 59.0 Å². The zero-order chi connectivity index (χ0) is 11.1. The third kappa shape index (κ3) is 4.61. The lowest BCUT2D eigenvalue weighted by Crippen LogP contribution is -2.54. The fraction of sp³-hybridized carbons (Fsp3) is 1.00. The molecule has 15 heavy (non-hydrogen) atoms. The van der Waals surface area contributed by atoms with Crippen LogP contribution in [-0.2, 0) is 8.85 Å². The smallest absolute Gasteiger partial charge is 0.349 e. The molecule has 1 fully saturated rings. The second kappa shape index (κ2) is 6.60. The molecule has 1 aliphatic rings. The Morgan fingerprint density at radius 2 is 1.67 bits per heavy atom. The molecule has 1 rings (SSSR count). The molecule has 1 heterocycles. The van der Waals surface area contributed by atoms with Crippen LogP contribution in [0.1, 0.15) is 13.8 Å². The number of piperazine rings is 1. The number of nitrogens with zero attached hydrogens (tertiary/aromatic N) is 1. The van der Waals surface area contributed by atoms with Gasteiger partial charge in [0.05, 0.1) is 0 Å². The Morgan fingerprint density at radius 1 is 1.13 bits per heavy atom. The molecule has 0 radical (unpaired) electrons. The molecular weight excluding hydrogens is 208 g/mol. The number of rotatable bonds is 6. The van der Waals surface area contributed by atoms with Gasteiger partial charge in [-0.25, -0.2) is 0 Å². The maximum absolute atomic E-state index is 5.83. The van der Waals surface area contributed by atoms with Gasteiger partial charge in [-0.1, -0.05) is 0 Å². The highest BCUT2D eigenvalue weighted by atomic mass is 28.4. The molecular formula is C10H24N2O2Si. The summed E-state index contributed by atoms with van der Waals surface area (Å²) < 4.78 is 11.7. The molecule has 0 aromatic heterocycles. The lowest BCUT2D eigenvalue weighted by molar-refractivity contribution is 0.159. The molecule has 1 saturated heterocycles. The predicted molar refractivity (Wildman–Crippen MR) is 64.2 cm³/mol. The molecule has 1 aliphatic heterocycles. The van der Waals surface area contributed by atoms with Crippen molar-refractivity contribution in [3.8, 4) is 0 Å². The molecule has 0 aliphatic carbocycles. The van der Waals surface area contributed by atoms with Gasteiger partial charge in [-0.2, -0.15) is 0 Å². The van der Waals surface area contributed by atoms with Crippen molar-refractivity contribution in [3.05, 3.63) is 0 Å². The van der Waals surface area contributed by atoms with Crippen molar-refractivity contribution in [3.63, 3.8) is 0 Å². The molecule has 90 valence electrons. The normalized spacial score (nSPS) is 19.4. The van der Waals surface area contributed by atoms with Crippen molar-refractivity contribution < 1.29 is 8.85 Å². The summed E-state index contributed by atoms with van der Waals surface area (Å²) in [5.74, 6) is 0. The number of hydrogen-bond donors (Lipinski definition) is 1. The van der Waals surface area contributed by atoms with E-state index in [4.69, 9.17) is 8.85 Å². The molecule has 0 saturated carbocycles. The first-order valence-corrected chi connectivity index (χ1v) is 8.43. The standard InChI is InChI=1S/C10H24N2O2Si/c1-4-13-15(3,14-5-2)10-12-8-6-11-7-9-12/h11H,4-10H2,1-3H3. The minimum Gasteiger partial charge on any atom is -0.394 e. The Hall–Kier alpha value is 0.0569. The monoisotopic (exact) mass is 232 g/mol. The van der Waals surface area contributed by atoms with E-state index in [2.05, 4.69) is 16.8 Å². The maximum atomic E-state index is 5.83. The highest BCUT2D eigenvalue weighted by Gasteiger charge is 2.33. The summed E-state index contributed by atoms with van der Waals surface area (Å²) in [4.78, 5) is 2.45. The molecule has 0 amide bonds. The topological polar surface area (TPSA) is 33.7 Å². The van der Waals surface area contributed by atoms with Crippen LogP contribution in [0.4, 0.5) is 0 Å². The van der Waals surface area contributed by atoms with Crippen LogP contribution in [0, 0.1) is 0 Å². The van der Waals surface area contributed by atoms with Gasteiger partial charge in [-0.05, 0) is 20.4 Å². The van der Waals surface area contributed by atoms with Gasteiger partial charge in [-0.3, -0.25) is 4.90 Å². The Bertz CT molecular complexity index is 169. The first-order valence-electron chi connectivity index (χ1n) is 5.91.